The molecular formula is C11H18N2O. The second-order valence-electron chi connectivity index (χ2n) is 3.91. The Bertz CT molecular complexity index is 300. The summed E-state index contributed by atoms with van der Waals surface area (Å²) in [5.41, 5.74) is 1.13. The van der Waals surface area contributed by atoms with Crippen LogP contribution >= 0.6 is 0 Å². The van der Waals surface area contributed by atoms with E-state index in [4.69, 9.17) is 4.42 Å². The van der Waals surface area contributed by atoms with Crippen LogP contribution in [0, 0.1) is 6.92 Å². The normalized spacial score (nSPS) is 22.6. The van der Waals surface area contributed by atoms with Gasteiger partial charge in [0.15, 0.2) is 5.89 Å². The fourth-order valence-electron chi connectivity index (χ4n) is 2.02. The zero-order valence-corrected chi connectivity index (χ0v) is 8.97. The standard InChI is InChI=1S/C11H18N2O/c1-3-10-13-11(8(2)14-10)9-6-4-5-7-12-9/h9,12H,3-7H2,1-2H3. The van der Waals surface area contributed by atoms with Crippen molar-refractivity contribution >= 4 is 0 Å². The van der Waals surface area contributed by atoms with Crippen LogP contribution in [0.15, 0.2) is 4.42 Å². The van der Waals surface area contributed by atoms with Crippen LogP contribution in [0.1, 0.15) is 49.6 Å². The molecule has 1 atom stereocenters. The summed E-state index contributed by atoms with van der Waals surface area (Å²) in [6.07, 6.45) is 4.66. The predicted molar refractivity (Wildman–Crippen MR) is 55.2 cm³/mol. The lowest BCUT2D eigenvalue weighted by Gasteiger charge is -2.21. The van der Waals surface area contributed by atoms with Gasteiger partial charge in [0.2, 0.25) is 0 Å². The molecule has 78 valence electrons. The zero-order chi connectivity index (χ0) is 9.97. The molecule has 1 aromatic rings. The molecule has 14 heavy (non-hydrogen) atoms. The summed E-state index contributed by atoms with van der Waals surface area (Å²) in [6.45, 7) is 5.19. The minimum Gasteiger partial charge on any atom is -0.446 e. The average molecular weight is 194 g/mol. The first-order chi connectivity index (χ1) is 6.81. The molecule has 1 unspecified atom stereocenters. The molecule has 1 N–H and O–H groups in total. The van der Waals surface area contributed by atoms with Crippen LogP contribution in [-0.4, -0.2) is 11.5 Å². The summed E-state index contributed by atoms with van der Waals surface area (Å²) < 4.78 is 5.57. The van der Waals surface area contributed by atoms with E-state index in [9.17, 15) is 0 Å². The highest BCUT2D eigenvalue weighted by Crippen LogP contribution is 2.25. The van der Waals surface area contributed by atoms with E-state index in [-0.39, 0.29) is 0 Å². The van der Waals surface area contributed by atoms with E-state index in [2.05, 4.69) is 17.2 Å². The molecule has 0 spiro atoms. The largest absolute Gasteiger partial charge is 0.446 e. The van der Waals surface area contributed by atoms with Crippen molar-refractivity contribution in [1.82, 2.24) is 10.3 Å². The molecule has 0 saturated carbocycles. The van der Waals surface area contributed by atoms with E-state index in [1.54, 1.807) is 0 Å². The van der Waals surface area contributed by atoms with Crippen molar-refractivity contribution in [1.29, 1.82) is 0 Å². The quantitative estimate of drug-likeness (QED) is 0.785. The third kappa shape index (κ3) is 1.82. The van der Waals surface area contributed by atoms with Gasteiger partial charge in [0.05, 0.1) is 11.7 Å². The first kappa shape index (κ1) is 9.71. The number of hydrogen-bond donors (Lipinski definition) is 1. The van der Waals surface area contributed by atoms with Gasteiger partial charge in [-0.25, -0.2) is 4.98 Å². The van der Waals surface area contributed by atoms with Crippen molar-refractivity contribution in [2.75, 3.05) is 6.54 Å². The number of hydrogen-bond acceptors (Lipinski definition) is 3. The Balaban J connectivity index is 2.17. The Morgan fingerprint density at radius 1 is 1.50 bits per heavy atom. The molecule has 1 saturated heterocycles. The van der Waals surface area contributed by atoms with Gasteiger partial charge in [-0.15, -0.1) is 0 Å². The lowest BCUT2D eigenvalue weighted by molar-refractivity contribution is 0.400. The van der Waals surface area contributed by atoms with Crippen LogP contribution in [0.2, 0.25) is 0 Å². The van der Waals surface area contributed by atoms with Gasteiger partial charge in [-0.3, -0.25) is 0 Å². The smallest absolute Gasteiger partial charge is 0.194 e. The van der Waals surface area contributed by atoms with Gasteiger partial charge in [-0.05, 0) is 26.3 Å². The monoisotopic (exact) mass is 194 g/mol. The minimum atomic E-state index is 0.424. The number of nitrogens with one attached hydrogen (secondary N) is 1. The van der Waals surface area contributed by atoms with E-state index in [1.807, 2.05) is 6.92 Å². The second kappa shape index (κ2) is 4.13. The zero-order valence-electron chi connectivity index (χ0n) is 8.97. The molecule has 3 heteroatoms. The molecule has 2 heterocycles. The summed E-state index contributed by atoms with van der Waals surface area (Å²) in [6, 6.07) is 0.424. The molecule has 0 aromatic carbocycles. The SMILES string of the molecule is CCc1nc(C2CCCCN2)c(C)o1. The fraction of sp³-hybridized carbons (Fsp3) is 0.727. The Labute approximate surface area is 84.9 Å². The Hall–Kier alpha value is -0.830. The van der Waals surface area contributed by atoms with Gasteiger partial charge in [0.25, 0.3) is 0 Å². The maximum absolute atomic E-state index is 5.57. The molecular weight excluding hydrogens is 176 g/mol. The number of piperidine rings is 1. The summed E-state index contributed by atoms with van der Waals surface area (Å²) in [5.74, 6) is 1.85. The van der Waals surface area contributed by atoms with Crippen molar-refractivity contribution in [2.24, 2.45) is 0 Å². The van der Waals surface area contributed by atoms with Gasteiger partial charge in [-0.1, -0.05) is 13.3 Å². The summed E-state index contributed by atoms with van der Waals surface area (Å²) in [7, 11) is 0. The lowest BCUT2D eigenvalue weighted by atomic mass is 10.0. The highest BCUT2D eigenvalue weighted by Gasteiger charge is 2.20. The summed E-state index contributed by atoms with van der Waals surface area (Å²) in [4.78, 5) is 4.52. The molecule has 3 nitrogen and oxygen atoms in total. The van der Waals surface area contributed by atoms with Gasteiger partial charge < -0.3 is 9.73 Å². The number of rotatable bonds is 2. The van der Waals surface area contributed by atoms with Gasteiger partial charge >= 0.3 is 0 Å². The van der Waals surface area contributed by atoms with Crippen molar-refractivity contribution in [3.8, 4) is 0 Å². The van der Waals surface area contributed by atoms with Crippen LogP contribution in [0.5, 0.6) is 0 Å². The van der Waals surface area contributed by atoms with Crippen LogP contribution in [0.3, 0.4) is 0 Å². The first-order valence-corrected chi connectivity index (χ1v) is 5.51. The van der Waals surface area contributed by atoms with Crippen molar-refractivity contribution < 1.29 is 4.42 Å². The number of nitrogens with zero attached hydrogens (tertiary/aromatic N) is 1. The van der Waals surface area contributed by atoms with E-state index in [0.717, 1.165) is 30.3 Å². The van der Waals surface area contributed by atoms with Crippen LogP contribution < -0.4 is 5.32 Å². The average Bonchev–Trinajstić information content (AvgIpc) is 2.61. The van der Waals surface area contributed by atoms with Crippen LogP contribution in [0.4, 0.5) is 0 Å². The summed E-state index contributed by atoms with van der Waals surface area (Å²) in [5, 5.41) is 3.49. The maximum Gasteiger partial charge on any atom is 0.194 e. The molecule has 0 amide bonds. The molecule has 0 aliphatic carbocycles. The number of aryl methyl sites for hydroxylation is 2. The van der Waals surface area contributed by atoms with Crippen LogP contribution in [-0.2, 0) is 6.42 Å². The van der Waals surface area contributed by atoms with Crippen molar-refractivity contribution in [3.05, 3.63) is 17.3 Å². The first-order valence-electron chi connectivity index (χ1n) is 5.51. The molecule has 2 rings (SSSR count). The van der Waals surface area contributed by atoms with Crippen molar-refractivity contribution in [2.45, 2.75) is 45.6 Å². The molecule has 1 aliphatic heterocycles. The number of oxazole rings is 1. The molecule has 1 fully saturated rings. The van der Waals surface area contributed by atoms with Gasteiger partial charge in [0, 0.05) is 6.42 Å². The molecule has 1 aromatic heterocycles. The number of aromatic nitrogens is 1. The summed E-state index contributed by atoms with van der Waals surface area (Å²) >= 11 is 0. The van der Waals surface area contributed by atoms with Gasteiger partial charge in [0.1, 0.15) is 5.76 Å². The Morgan fingerprint density at radius 2 is 2.36 bits per heavy atom. The molecule has 0 radical (unpaired) electrons. The predicted octanol–water partition coefficient (Wildman–Crippen LogP) is 2.36. The van der Waals surface area contributed by atoms with E-state index < -0.39 is 0 Å². The highest BCUT2D eigenvalue weighted by molar-refractivity contribution is 5.13. The third-order valence-electron chi connectivity index (χ3n) is 2.82. The van der Waals surface area contributed by atoms with E-state index in [0.29, 0.717) is 6.04 Å². The Morgan fingerprint density at radius 3 is 2.93 bits per heavy atom. The maximum atomic E-state index is 5.57. The minimum absolute atomic E-state index is 0.424. The van der Waals surface area contributed by atoms with E-state index in [1.165, 1.54) is 19.3 Å². The van der Waals surface area contributed by atoms with Crippen molar-refractivity contribution in [3.63, 3.8) is 0 Å². The van der Waals surface area contributed by atoms with Crippen LogP contribution in [0.25, 0.3) is 0 Å². The third-order valence-corrected chi connectivity index (χ3v) is 2.82. The van der Waals surface area contributed by atoms with Gasteiger partial charge in [-0.2, -0.15) is 0 Å². The van der Waals surface area contributed by atoms with E-state index >= 15 is 0 Å². The Kier molecular flexibility index (Phi) is 2.87. The molecule has 0 bridgehead atoms. The second-order valence-corrected chi connectivity index (χ2v) is 3.91. The fourth-order valence-corrected chi connectivity index (χ4v) is 2.02. The highest BCUT2D eigenvalue weighted by atomic mass is 16.4. The topological polar surface area (TPSA) is 38.1 Å². The lowest BCUT2D eigenvalue weighted by Crippen LogP contribution is -2.27. The molecule has 1 aliphatic rings.